The second-order valence-corrected chi connectivity index (χ2v) is 8.03. The van der Waals surface area contributed by atoms with Crippen molar-refractivity contribution in [1.82, 2.24) is 4.98 Å². The topological polar surface area (TPSA) is 78.9 Å². The molecule has 0 saturated carbocycles. The Morgan fingerprint density at radius 2 is 1.60 bits per heavy atom. The maximum atomic E-state index is 12.4. The van der Waals surface area contributed by atoms with E-state index in [0.717, 1.165) is 33.5 Å². The van der Waals surface area contributed by atoms with Gasteiger partial charge in [-0.15, -0.1) is 0 Å². The lowest BCUT2D eigenvalue weighted by Crippen LogP contribution is -2.16. The number of pyridine rings is 1. The highest BCUT2D eigenvalue weighted by Gasteiger charge is 2.14. The van der Waals surface area contributed by atoms with Gasteiger partial charge in [0.05, 0.1) is 32.8 Å². The van der Waals surface area contributed by atoms with Crippen molar-refractivity contribution in [2.24, 2.45) is 0 Å². The molecule has 1 heterocycles. The molecule has 0 aliphatic heterocycles. The summed E-state index contributed by atoms with van der Waals surface area (Å²) in [5.74, 6) is 3.17. The minimum absolute atomic E-state index is 0.113. The maximum Gasteiger partial charge on any atom is 0.227 e. The van der Waals surface area contributed by atoms with Crippen LogP contribution in [0.4, 0.5) is 5.69 Å². The standard InChI is InChI=1S/C28H28N2O5/c1-18-15-25(35-24-10-12-29-23-17-27(33-4)26(32-3)16-21(23)24)19(2)14-22(18)30-28(31)11-13-34-20-8-6-5-7-9-20/h5-10,12,14-17H,11,13H2,1-4H3,(H,30,31). The fourth-order valence-corrected chi connectivity index (χ4v) is 3.68. The van der Waals surface area contributed by atoms with Gasteiger partial charge in [-0.3, -0.25) is 9.78 Å². The lowest BCUT2D eigenvalue weighted by Gasteiger charge is -2.16. The minimum atomic E-state index is -0.113. The summed E-state index contributed by atoms with van der Waals surface area (Å²) >= 11 is 0. The number of para-hydroxylation sites is 1. The fraction of sp³-hybridized carbons (Fsp3) is 0.214. The van der Waals surface area contributed by atoms with Gasteiger partial charge in [-0.2, -0.15) is 0 Å². The molecule has 4 rings (SSSR count). The van der Waals surface area contributed by atoms with Crippen LogP contribution in [-0.2, 0) is 4.79 Å². The molecular formula is C28H28N2O5. The summed E-state index contributed by atoms with van der Waals surface area (Å²) in [4.78, 5) is 16.9. The number of amides is 1. The molecule has 0 atom stereocenters. The average molecular weight is 473 g/mol. The quantitative estimate of drug-likeness (QED) is 0.319. The van der Waals surface area contributed by atoms with Crippen LogP contribution in [0.5, 0.6) is 28.7 Å². The molecule has 4 aromatic rings. The summed E-state index contributed by atoms with van der Waals surface area (Å²) in [5.41, 5.74) is 3.25. The number of rotatable bonds is 9. The molecule has 0 unspecified atom stereocenters. The van der Waals surface area contributed by atoms with Gasteiger partial charge >= 0.3 is 0 Å². The van der Waals surface area contributed by atoms with E-state index in [-0.39, 0.29) is 12.3 Å². The second-order valence-electron chi connectivity index (χ2n) is 8.03. The van der Waals surface area contributed by atoms with Crippen LogP contribution in [0, 0.1) is 13.8 Å². The predicted molar refractivity (Wildman–Crippen MR) is 136 cm³/mol. The van der Waals surface area contributed by atoms with Gasteiger partial charge in [0, 0.05) is 23.3 Å². The van der Waals surface area contributed by atoms with Crippen molar-refractivity contribution >= 4 is 22.5 Å². The van der Waals surface area contributed by atoms with E-state index >= 15 is 0 Å². The first kappa shape index (κ1) is 23.9. The molecule has 1 aromatic heterocycles. The van der Waals surface area contributed by atoms with Crippen molar-refractivity contribution in [2.75, 3.05) is 26.1 Å². The van der Waals surface area contributed by atoms with Crippen LogP contribution in [-0.4, -0.2) is 31.7 Å². The van der Waals surface area contributed by atoms with E-state index in [0.29, 0.717) is 29.6 Å². The van der Waals surface area contributed by atoms with Crippen molar-refractivity contribution in [3.8, 4) is 28.7 Å². The van der Waals surface area contributed by atoms with Gasteiger partial charge in [0.15, 0.2) is 11.5 Å². The summed E-state index contributed by atoms with van der Waals surface area (Å²) in [6, 6.07) is 18.7. The Balaban J connectivity index is 1.48. The van der Waals surface area contributed by atoms with Gasteiger partial charge in [-0.25, -0.2) is 0 Å². The van der Waals surface area contributed by atoms with Crippen molar-refractivity contribution < 1.29 is 23.7 Å². The zero-order valence-corrected chi connectivity index (χ0v) is 20.3. The third kappa shape index (κ3) is 5.63. The SMILES string of the molecule is COc1cc2nccc(Oc3cc(C)c(NC(=O)CCOc4ccccc4)cc3C)c2cc1OC. The normalized spacial score (nSPS) is 10.6. The number of aryl methyl sites for hydroxylation is 2. The van der Waals surface area contributed by atoms with E-state index in [4.69, 9.17) is 18.9 Å². The molecular weight excluding hydrogens is 444 g/mol. The summed E-state index contributed by atoms with van der Waals surface area (Å²) < 4.78 is 22.7. The van der Waals surface area contributed by atoms with Crippen molar-refractivity contribution in [3.05, 3.63) is 78.0 Å². The summed E-state index contributed by atoms with van der Waals surface area (Å²) in [6.07, 6.45) is 1.94. The molecule has 3 aromatic carbocycles. The van der Waals surface area contributed by atoms with Gasteiger partial charge < -0.3 is 24.3 Å². The van der Waals surface area contributed by atoms with E-state index in [1.165, 1.54) is 0 Å². The summed E-state index contributed by atoms with van der Waals surface area (Å²) in [7, 11) is 3.18. The van der Waals surface area contributed by atoms with Gasteiger partial charge in [-0.05, 0) is 61.4 Å². The molecule has 0 aliphatic rings. The number of aromatic nitrogens is 1. The highest BCUT2D eigenvalue weighted by molar-refractivity contribution is 5.92. The Kier molecular flexibility index (Phi) is 7.35. The van der Waals surface area contributed by atoms with Crippen LogP contribution in [0.2, 0.25) is 0 Å². The third-order valence-corrected chi connectivity index (χ3v) is 5.56. The number of nitrogens with zero attached hydrogens (tertiary/aromatic N) is 1. The minimum Gasteiger partial charge on any atom is -0.493 e. The molecule has 0 fully saturated rings. The molecule has 7 nitrogen and oxygen atoms in total. The Morgan fingerprint density at radius 1 is 0.857 bits per heavy atom. The van der Waals surface area contributed by atoms with Gasteiger partial charge in [0.2, 0.25) is 5.91 Å². The fourth-order valence-electron chi connectivity index (χ4n) is 3.68. The molecule has 35 heavy (non-hydrogen) atoms. The number of carbonyl (C=O) groups is 1. The van der Waals surface area contributed by atoms with Crippen LogP contribution >= 0.6 is 0 Å². The van der Waals surface area contributed by atoms with Crippen molar-refractivity contribution in [3.63, 3.8) is 0 Å². The molecule has 0 spiro atoms. The van der Waals surface area contributed by atoms with Gasteiger partial charge in [0.25, 0.3) is 0 Å². The molecule has 1 amide bonds. The van der Waals surface area contributed by atoms with Crippen LogP contribution < -0.4 is 24.3 Å². The summed E-state index contributed by atoms with van der Waals surface area (Å²) in [6.45, 7) is 4.18. The average Bonchev–Trinajstić information content (AvgIpc) is 2.87. The lowest BCUT2D eigenvalue weighted by molar-refractivity contribution is -0.116. The van der Waals surface area contributed by atoms with Gasteiger partial charge in [-0.1, -0.05) is 18.2 Å². The number of benzene rings is 3. The molecule has 0 aliphatic carbocycles. The van der Waals surface area contributed by atoms with Crippen molar-refractivity contribution in [2.45, 2.75) is 20.3 Å². The van der Waals surface area contributed by atoms with E-state index in [2.05, 4.69) is 10.3 Å². The Hall–Kier alpha value is -4.26. The predicted octanol–water partition coefficient (Wildman–Crippen LogP) is 6.07. The number of nitrogens with one attached hydrogen (secondary N) is 1. The van der Waals surface area contributed by atoms with E-state index in [1.807, 2.05) is 74.5 Å². The van der Waals surface area contributed by atoms with Crippen molar-refractivity contribution in [1.29, 1.82) is 0 Å². The molecule has 0 bridgehead atoms. The smallest absolute Gasteiger partial charge is 0.227 e. The zero-order valence-electron chi connectivity index (χ0n) is 20.3. The Labute approximate surface area is 204 Å². The molecule has 0 saturated heterocycles. The number of ether oxygens (including phenoxy) is 4. The van der Waals surface area contributed by atoms with Crippen LogP contribution in [0.25, 0.3) is 10.9 Å². The van der Waals surface area contributed by atoms with Crippen LogP contribution in [0.1, 0.15) is 17.5 Å². The number of hydrogen-bond acceptors (Lipinski definition) is 6. The zero-order chi connectivity index (χ0) is 24.8. The second kappa shape index (κ2) is 10.8. The Morgan fingerprint density at radius 3 is 2.34 bits per heavy atom. The first-order valence-corrected chi connectivity index (χ1v) is 11.3. The third-order valence-electron chi connectivity index (χ3n) is 5.56. The van der Waals surface area contributed by atoms with E-state index in [1.54, 1.807) is 20.4 Å². The van der Waals surface area contributed by atoms with E-state index < -0.39 is 0 Å². The lowest BCUT2D eigenvalue weighted by atomic mass is 10.1. The number of methoxy groups -OCH3 is 2. The number of fused-ring (bicyclic) bond motifs is 1. The van der Waals surface area contributed by atoms with Gasteiger partial charge in [0.1, 0.15) is 17.2 Å². The summed E-state index contributed by atoms with van der Waals surface area (Å²) in [5, 5.41) is 3.77. The first-order chi connectivity index (χ1) is 17.0. The molecule has 180 valence electrons. The molecule has 1 N–H and O–H groups in total. The number of anilines is 1. The monoisotopic (exact) mass is 472 g/mol. The highest BCUT2D eigenvalue weighted by atomic mass is 16.5. The molecule has 0 radical (unpaired) electrons. The number of carbonyl (C=O) groups excluding carboxylic acids is 1. The molecule has 7 heteroatoms. The van der Waals surface area contributed by atoms with Crippen LogP contribution in [0.15, 0.2) is 66.9 Å². The Bertz CT molecular complexity index is 1340. The largest absolute Gasteiger partial charge is 0.493 e. The maximum absolute atomic E-state index is 12.4. The number of hydrogen-bond donors (Lipinski definition) is 1. The highest BCUT2D eigenvalue weighted by Crippen LogP contribution is 2.38. The van der Waals surface area contributed by atoms with Crippen LogP contribution in [0.3, 0.4) is 0 Å². The first-order valence-electron chi connectivity index (χ1n) is 11.3. The van der Waals surface area contributed by atoms with E-state index in [9.17, 15) is 4.79 Å².